The lowest BCUT2D eigenvalue weighted by atomic mass is 10.1. The molecule has 0 saturated carbocycles. The summed E-state index contributed by atoms with van der Waals surface area (Å²) in [6, 6.07) is 30.1. The maximum Gasteiger partial charge on any atom is 0.262 e. The molecular formula is C36H39N3O5S. The van der Waals surface area contributed by atoms with Crippen molar-refractivity contribution >= 4 is 27.5 Å². The molecule has 1 heterocycles. The fourth-order valence-corrected chi connectivity index (χ4v) is 7.62. The van der Waals surface area contributed by atoms with Crippen LogP contribution >= 0.6 is 0 Å². The summed E-state index contributed by atoms with van der Waals surface area (Å²) >= 11 is 0. The Labute approximate surface area is 265 Å². The van der Waals surface area contributed by atoms with Gasteiger partial charge in [-0.1, -0.05) is 90.5 Å². The molecule has 0 radical (unpaired) electrons. The van der Waals surface area contributed by atoms with Gasteiger partial charge in [-0.25, -0.2) is 8.42 Å². The molecule has 0 bridgehead atoms. The minimum Gasteiger partial charge on any atom is -0.477 e. The first-order chi connectivity index (χ1) is 21.6. The van der Waals surface area contributed by atoms with Crippen LogP contribution in [0.4, 0.5) is 5.69 Å². The highest BCUT2D eigenvalue weighted by Gasteiger charge is 2.36. The van der Waals surface area contributed by atoms with Crippen molar-refractivity contribution in [2.75, 3.05) is 31.1 Å². The molecule has 0 spiro atoms. The number of nitrogens with one attached hydrogen (secondary N) is 1. The molecule has 1 atom stereocenters. The van der Waals surface area contributed by atoms with E-state index >= 15 is 0 Å². The van der Waals surface area contributed by atoms with E-state index in [4.69, 9.17) is 4.74 Å². The lowest BCUT2D eigenvalue weighted by Gasteiger charge is -2.35. The first kappa shape index (κ1) is 31.9. The molecule has 2 amide bonds. The van der Waals surface area contributed by atoms with Gasteiger partial charge in [0.15, 0.2) is 6.10 Å². The van der Waals surface area contributed by atoms with Crippen LogP contribution in [0.15, 0.2) is 102 Å². The van der Waals surface area contributed by atoms with Crippen molar-refractivity contribution in [1.82, 2.24) is 9.62 Å². The third-order valence-electron chi connectivity index (χ3n) is 7.93. The number of para-hydroxylation sites is 2. The van der Waals surface area contributed by atoms with Crippen LogP contribution in [0.5, 0.6) is 5.75 Å². The van der Waals surface area contributed by atoms with Crippen molar-refractivity contribution in [2.45, 2.75) is 44.6 Å². The van der Waals surface area contributed by atoms with Gasteiger partial charge in [0.2, 0.25) is 15.9 Å². The summed E-state index contributed by atoms with van der Waals surface area (Å²) in [5.74, 6) is -0.381. The Bertz CT molecular complexity index is 1740. The van der Waals surface area contributed by atoms with E-state index in [-0.39, 0.29) is 23.9 Å². The van der Waals surface area contributed by atoms with Crippen LogP contribution in [-0.4, -0.2) is 56.8 Å². The zero-order chi connectivity index (χ0) is 32.0. The Morgan fingerprint density at radius 2 is 1.42 bits per heavy atom. The zero-order valence-corrected chi connectivity index (χ0v) is 26.7. The molecule has 0 fully saturated rings. The molecule has 45 heavy (non-hydrogen) atoms. The molecule has 8 nitrogen and oxygen atoms in total. The quantitative estimate of drug-likeness (QED) is 0.253. The van der Waals surface area contributed by atoms with Gasteiger partial charge in [-0.3, -0.25) is 9.59 Å². The van der Waals surface area contributed by atoms with Crippen LogP contribution in [0.2, 0.25) is 0 Å². The SMILES string of the molecule is Cc1cc(C)c(S(=O)(=O)N(CCc2ccccc2)CC(=O)N2C[C@@H](C(=O)NCCc3ccccc3)Oc3ccccc32)c(C)c1. The molecule has 0 aliphatic carbocycles. The number of amides is 2. The van der Waals surface area contributed by atoms with Crippen LogP contribution in [0, 0.1) is 20.8 Å². The minimum atomic E-state index is -4.05. The van der Waals surface area contributed by atoms with Crippen molar-refractivity contribution in [3.8, 4) is 5.75 Å². The summed E-state index contributed by atoms with van der Waals surface area (Å²) in [4.78, 5) is 29.0. The molecular weight excluding hydrogens is 586 g/mol. The standard InChI is InChI=1S/C36H39N3O5S/c1-26-22-27(2)35(28(3)23-26)45(42,43)38(21-19-30-14-8-5-9-15-30)25-34(40)39-24-33(44-32-17-11-10-16-31(32)39)36(41)37-20-18-29-12-6-4-7-13-29/h4-17,22-23,33H,18-21,24-25H2,1-3H3,(H,37,41)/t33-/m0/s1. The molecule has 0 unspecified atom stereocenters. The number of nitrogens with zero attached hydrogens (tertiary/aromatic N) is 2. The molecule has 234 valence electrons. The number of fused-ring (bicyclic) bond motifs is 1. The minimum absolute atomic E-state index is 0.0395. The van der Waals surface area contributed by atoms with E-state index in [1.165, 1.54) is 9.21 Å². The van der Waals surface area contributed by atoms with Crippen molar-refractivity contribution in [3.63, 3.8) is 0 Å². The largest absolute Gasteiger partial charge is 0.477 e. The first-order valence-corrected chi connectivity index (χ1v) is 16.6. The molecule has 4 aromatic carbocycles. The van der Waals surface area contributed by atoms with E-state index in [2.05, 4.69) is 5.32 Å². The van der Waals surface area contributed by atoms with Crippen molar-refractivity contribution in [1.29, 1.82) is 0 Å². The highest BCUT2D eigenvalue weighted by Crippen LogP contribution is 2.34. The maximum atomic E-state index is 14.2. The third kappa shape index (κ3) is 7.61. The van der Waals surface area contributed by atoms with Gasteiger partial charge in [-0.05, 0) is 68.0 Å². The Morgan fingerprint density at radius 1 is 0.844 bits per heavy atom. The van der Waals surface area contributed by atoms with Gasteiger partial charge >= 0.3 is 0 Å². The van der Waals surface area contributed by atoms with Gasteiger partial charge in [0.25, 0.3) is 5.91 Å². The number of benzene rings is 4. The molecule has 0 saturated heterocycles. The van der Waals surface area contributed by atoms with Gasteiger partial charge in [-0.15, -0.1) is 0 Å². The summed E-state index contributed by atoms with van der Waals surface area (Å²) in [6.07, 6.45) is 0.143. The Balaban J connectivity index is 1.39. The number of rotatable bonds is 11. The lowest BCUT2D eigenvalue weighted by molar-refractivity contribution is -0.128. The fraction of sp³-hybridized carbons (Fsp3) is 0.278. The van der Waals surface area contributed by atoms with Gasteiger partial charge in [0.05, 0.1) is 23.7 Å². The van der Waals surface area contributed by atoms with Crippen LogP contribution in [0.1, 0.15) is 27.8 Å². The smallest absolute Gasteiger partial charge is 0.262 e. The average Bonchev–Trinajstić information content (AvgIpc) is 3.02. The van der Waals surface area contributed by atoms with Gasteiger partial charge in [-0.2, -0.15) is 4.31 Å². The zero-order valence-electron chi connectivity index (χ0n) is 25.9. The number of ether oxygens (including phenoxy) is 1. The Morgan fingerprint density at radius 3 is 2.07 bits per heavy atom. The second-order valence-corrected chi connectivity index (χ2v) is 13.3. The van der Waals surface area contributed by atoms with E-state index in [1.54, 1.807) is 38.1 Å². The molecule has 4 aromatic rings. The van der Waals surface area contributed by atoms with E-state index < -0.39 is 28.6 Å². The number of anilines is 1. The summed E-state index contributed by atoms with van der Waals surface area (Å²) in [6.45, 7) is 5.59. The summed E-state index contributed by atoms with van der Waals surface area (Å²) in [5.41, 5.74) is 4.79. The van der Waals surface area contributed by atoms with Crippen molar-refractivity contribution in [3.05, 3.63) is 125 Å². The molecule has 9 heteroatoms. The molecule has 5 rings (SSSR count). The van der Waals surface area contributed by atoms with Crippen LogP contribution < -0.4 is 15.0 Å². The van der Waals surface area contributed by atoms with E-state index in [0.29, 0.717) is 42.0 Å². The molecule has 1 N–H and O–H groups in total. The normalized spacial score (nSPS) is 14.5. The number of carbonyl (C=O) groups is 2. The van der Waals surface area contributed by atoms with Crippen molar-refractivity contribution < 1.29 is 22.7 Å². The van der Waals surface area contributed by atoms with Crippen LogP contribution in [0.25, 0.3) is 0 Å². The monoisotopic (exact) mass is 625 g/mol. The lowest BCUT2D eigenvalue weighted by Crippen LogP contribution is -2.53. The van der Waals surface area contributed by atoms with Crippen LogP contribution in [0.3, 0.4) is 0 Å². The average molecular weight is 626 g/mol. The Kier molecular flexibility index (Phi) is 10.0. The van der Waals surface area contributed by atoms with Gasteiger partial charge < -0.3 is 15.0 Å². The number of carbonyl (C=O) groups excluding carboxylic acids is 2. The fourth-order valence-electron chi connectivity index (χ4n) is 5.82. The third-order valence-corrected chi connectivity index (χ3v) is 10.1. The summed E-state index contributed by atoms with van der Waals surface area (Å²) < 4.78 is 35.8. The Hall–Kier alpha value is -4.47. The highest BCUT2D eigenvalue weighted by molar-refractivity contribution is 7.89. The van der Waals surface area contributed by atoms with E-state index in [1.807, 2.05) is 79.7 Å². The highest BCUT2D eigenvalue weighted by atomic mass is 32.2. The predicted octanol–water partition coefficient (Wildman–Crippen LogP) is 5.00. The summed E-state index contributed by atoms with van der Waals surface area (Å²) in [7, 11) is -4.05. The van der Waals surface area contributed by atoms with E-state index in [9.17, 15) is 18.0 Å². The first-order valence-electron chi connectivity index (χ1n) is 15.1. The second-order valence-electron chi connectivity index (χ2n) is 11.4. The predicted molar refractivity (Wildman–Crippen MR) is 176 cm³/mol. The van der Waals surface area contributed by atoms with Crippen LogP contribution in [-0.2, 0) is 32.5 Å². The van der Waals surface area contributed by atoms with Gasteiger partial charge in [0, 0.05) is 13.1 Å². The number of hydrogen-bond donors (Lipinski definition) is 1. The molecule has 0 aromatic heterocycles. The number of sulfonamides is 1. The van der Waals surface area contributed by atoms with E-state index in [0.717, 1.165) is 16.7 Å². The topological polar surface area (TPSA) is 96.0 Å². The number of aryl methyl sites for hydroxylation is 3. The maximum absolute atomic E-state index is 14.2. The number of hydrogen-bond acceptors (Lipinski definition) is 5. The van der Waals surface area contributed by atoms with Gasteiger partial charge in [0.1, 0.15) is 5.75 Å². The molecule has 1 aliphatic heterocycles. The second kappa shape index (κ2) is 14.1. The summed E-state index contributed by atoms with van der Waals surface area (Å²) in [5, 5.41) is 2.92. The molecule has 1 aliphatic rings. The van der Waals surface area contributed by atoms with Crippen molar-refractivity contribution in [2.24, 2.45) is 0 Å².